The lowest BCUT2D eigenvalue weighted by Crippen LogP contribution is -1.48. The van der Waals surface area contributed by atoms with Gasteiger partial charge in [-0.25, -0.2) is 4.39 Å². The van der Waals surface area contributed by atoms with Crippen molar-refractivity contribution in [3.8, 4) is 0 Å². The van der Waals surface area contributed by atoms with Crippen LogP contribution in [0.15, 0.2) is 12.7 Å². The second-order valence-electron chi connectivity index (χ2n) is 0.443. The minimum absolute atomic E-state index is 0. The zero-order valence-electron chi connectivity index (χ0n) is 2.37. The average molecular weight is 156 g/mol. The van der Waals surface area contributed by atoms with Crippen LogP contribution in [0.2, 0.25) is 0 Å². The number of hydrogen-bond acceptors (Lipinski definition) is 0. The lowest BCUT2D eigenvalue weighted by atomic mass is 10.7. The van der Waals surface area contributed by atoms with E-state index >= 15 is 0 Å². The first-order valence-electron chi connectivity index (χ1n) is 1.08. The van der Waals surface area contributed by atoms with Crippen LogP contribution < -0.4 is 0 Å². The fourth-order valence-electron chi connectivity index (χ4n) is 0. The Kier molecular flexibility index (Phi) is 1860. The normalized spacial score (nSPS) is 2.50. The quantitative estimate of drug-likeness (QED) is 0.471. The first-order chi connectivity index (χ1) is 1.91. The molecule has 0 aliphatic rings. The molecule has 0 aromatic carbocycles. The van der Waals surface area contributed by atoms with E-state index in [0.29, 0.717) is 0 Å². The van der Waals surface area contributed by atoms with E-state index in [2.05, 4.69) is 6.58 Å². The van der Waals surface area contributed by atoms with Crippen molar-refractivity contribution in [1.29, 1.82) is 0 Å². The van der Waals surface area contributed by atoms with Gasteiger partial charge in [-0.1, -0.05) is 50.6 Å². The highest BCUT2D eigenvalue weighted by Crippen LogP contribution is 1.58. The van der Waals surface area contributed by atoms with E-state index in [1.807, 2.05) is 0 Å². The Labute approximate surface area is 69.2 Å². The molecule has 0 bridgehead atoms. The Balaban J connectivity index is -0.00000000300. The fourth-order valence-corrected chi connectivity index (χ4v) is 0. The Hall–Kier alpha value is -0.330. The molecule has 0 amide bonds. The van der Waals surface area contributed by atoms with Crippen molar-refractivity contribution in [2.24, 2.45) is 0 Å². The molecule has 0 N–H and O–H groups in total. The van der Waals surface area contributed by atoms with E-state index in [4.69, 9.17) is 0 Å². The Morgan fingerprint density at radius 2 is 1.00 bits per heavy atom. The van der Waals surface area contributed by atoms with Crippen molar-refractivity contribution >= 4 is 0 Å². The molecule has 0 radical (unpaired) electrons. The monoisotopic (exact) mass is 156 g/mol. The van der Waals surface area contributed by atoms with Gasteiger partial charge in [-0.05, 0) is 0 Å². The van der Waals surface area contributed by atoms with Gasteiger partial charge in [-0.2, -0.15) is 0 Å². The van der Waals surface area contributed by atoms with Gasteiger partial charge in [0.05, 0.1) is 0 Å². The van der Waals surface area contributed by atoms with Gasteiger partial charge in [0.25, 0.3) is 0 Å². The van der Waals surface area contributed by atoms with Crippen molar-refractivity contribution in [2.45, 2.75) is 44.6 Å². The molecule has 72 valence electrons. The second-order valence-corrected chi connectivity index (χ2v) is 0.443. The van der Waals surface area contributed by atoms with Crippen molar-refractivity contribution in [3.63, 3.8) is 0 Å². The van der Waals surface area contributed by atoms with E-state index in [1.54, 1.807) is 0 Å². The molecule has 0 heterocycles. The van der Waals surface area contributed by atoms with Crippen molar-refractivity contribution in [2.75, 3.05) is 6.67 Å². The first kappa shape index (κ1) is 102. The highest BCUT2D eigenvalue weighted by Gasteiger charge is 1.49. The molecule has 0 nitrogen and oxygen atoms in total. The van der Waals surface area contributed by atoms with Crippen LogP contribution in [0.3, 0.4) is 0 Å². The minimum atomic E-state index is -0.417. The van der Waals surface area contributed by atoms with E-state index in [0.717, 1.165) is 0 Å². The predicted molar refractivity (Wildman–Crippen MR) is 56.6 cm³/mol. The summed E-state index contributed by atoms with van der Waals surface area (Å²) in [5, 5.41) is 0. The lowest BCUT2D eigenvalue weighted by Gasteiger charge is -1.54. The van der Waals surface area contributed by atoms with Crippen molar-refractivity contribution in [1.82, 2.24) is 0 Å². The largest absolute Gasteiger partial charge is 0.247 e. The standard InChI is InChI=1S/C3H5F.6CH4/c1-2-3-4;;;;;;/h2H,1,3H2;6*1H4. The molecular weight excluding hydrogens is 127 g/mol. The second kappa shape index (κ2) is 183. The average Bonchev–Trinajstić information content (AvgIpc) is 1.37. The molecule has 0 fully saturated rings. The van der Waals surface area contributed by atoms with Crippen LogP contribution in [0.25, 0.3) is 0 Å². The van der Waals surface area contributed by atoms with Crippen LogP contribution in [0.5, 0.6) is 0 Å². The first-order valence-corrected chi connectivity index (χ1v) is 1.08. The predicted octanol–water partition coefficient (Wildman–Crippen LogP) is 4.96. The summed E-state index contributed by atoms with van der Waals surface area (Å²) in [6.07, 6.45) is 1.21. The molecule has 10 heavy (non-hydrogen) atoms. The SMILES string of the molecule is C.C.C.C.C.C.C=CCF. The maximum absolute atomic E-state index is 10.6. The van der Waals surface area contributed by atoms with Gasteiger partial charge in [0.1, 0.15) is 6.67 Å². The molecule has 0 atom stereocenters. The third-order valence-corrected chi connectivity index (χ3v) is 0.109. The highest BCUT2D eigenvalue weighted by atomic mass is 19.1. The molecule has 0 saturated carbocycles. The summed E-state index contributed by atoms with van der Waals surface area (Å²) in [6, 6.07) is 0. The summed E-state index contributed by atoms with van der Waals surface area (Å²) in [5.41, 5.74) is 0. The van der Waals surface area contributed by atoms with Gasteiger partial charge in [0.15, 0.2) is 0 Å². The highest BCUT2D eigenvalue weighted by molar-refractivity contribution is 4.61. The molecule has 0 aromatic rings. The van der Waals surface area contributed by atoms with Gasteiger partial charge in [-0.15, -0.1) is 6.58 Å². The van der Waals surface area contributed by atoms with Gasteiger partial charge in [-0.3, -0.25) is 0 Å². The number of allylic oxidation sites excluding steroid dienone is 1. The van der Waals surface area contributed by atoms with Crippen molar-refractivity contribution in [3.05, 3.63) is 12.7 Å². The summed E-state index contributed by atoms with van der Waals surface area (Å²) in [7, 11) is 0. The van der Waals surface area contributed by atoms with E-state index in [-0.39, 0.29) is 44.6 Å². The summed E-state index contributed by atoms with van der Waals surface area (Å²) in [6.45, 7) is 2.69. The maximum atomic E-state index is 10.6. The Bertz CT molecular complexity index is 18.7. The van der Waals surface area contributed by atoms with Crippen LogP contribution in [0, 0.1) is 0 Å². The van der Waals surface area contributed by atoms with Gasteiger partial charge < -0.3 is 0 Å². The number of hydrogen-bond donors (Lipinski definition) is 0. The fraction of sp³-hybridized carbons (Fsp3) is 0.778. The molecule has 0 spiro atoms. The van der Waals surface area contributed by atoms with E-state index in [9.17, 15) is 4.39 Å². The van der Waals surface area contributed by atoms with Crippen LogP contribution in [-0.2, 0) is 0 Å². The number of rotatable bonds is 1. The summed E-state index contributed by atoms with van der Waals surface area (Å²) < 4.78 is 10.6. The van der Waals surface area contributed by atoms with Crippen LogP contribution >= 0.6 is 0 Å². The van der Waals surface area contributed by atoms with E-state index < -0.39 is 6.67 Å². The molecular formula is C9H29F. The number of alkyl halides is 1. The molecule has 0 aliphatic carbocycles. The summed E-state index contributed by atoms with van der Waals surface area (Å²) in [5.74, 6) is 0. The summed E-state index contributed by atoms with van der Waals surface area (Å²) in [4.78, 5) is 0. The lowest BCUT2D eigenvalue weighted by molar-refractivity contribution is 0.562. The van der Waals surface area contributed by atoms with Crippen LogP contribution in [0.1, 0.15) is 44.6 Å². The molecule has 0 rings (SSSR count). The van der Waals surface area contributed by atoms with Crippen LogP contribution in [0.4, 0.5) is 4.39 Å². The molecule has 0 unspecified atom stereocenters. The molecule has 0 aliphatic heterocycles. The molecule has 0 saturated heterocycles. The molecule has 0 aromatic heterocycles. The zero-order chi connectivity index (χ0) is 3.41. The smallest absolute Gasteiger partial charge is 0.107 e. The minimum Gasteiger partial charge on any atom is -0.247 e. The summed E-state index contributed by atoms with van der Waals surface area (Å²) >= 11 is 0. The van der Waals surface area contributed by atoms with E-state index in [1.165, 1.54) is 6.08 Å². The molecule has 1 heteroatoms. The van der Waals surface area contributed by atoms with Crippen LogP contribution in [-0.4, -0.2) is 6.67 Å². The topological polar surface area (TPSA) is 0 Å². The maximum Gasteiger partial charge on any atom is 0.107 e. The zero-order valence-corrected chi connectivity index (χ0v) is 2.37. The third-order valence-electron chi connectivity index (χ3n) is 0.109. The third kappa shape index (κ3) is 760. The van der Waals surface area contributed by atoms with Crippen molar-refractivity contribution < 1.29 is 4.39 Å². The van der Waals surface area contributed by atoms with Gasteiger partial charge in [0, 0.05) is 0 Å². The Morgan fingerprint density at radius 3 is 1.00 bits per heavy atom. The Morgan fingerprint density at radius 1 is 0.900 bits per heavy atom. The van der Waals surface area contributed by atoms with Gasteiger partial charge >= 0.3 is 0 Å². The van der Waals surface area contributed by atoms with Gasteiger partial charge in [0.2, 0.25) is 0 Å². The number of halogens is 1.